The molecule has 15 heavy (non-hydrogen) atoms. The van der Waals surface area contributed by atoms with Gasteiger partial charge < -0.3 is 5.73 Å². The van der Waals surface area contributed by atoms with Gasteiger partial charge in [0.25, 0.3) is 0 Å². The van der Waals surface area contributed by atoms with Crippen molar-refractivity contribution in [2.24, 2.45) is 5.73 Å². The third-order valence-corrected chi connectivity index (χ3v) is 3.36. The number of carbonyl (C=O) groups excluding carboxylic acids is 1. The van der Waals surface area contributed by atoms with Crippen LogP contribution in [0.15, 0.2) is 16.8 Å². The van der Waals surface area contributed by atoms with Gasteiger partial charge in [-0.25, -0.2) is 0 Å². The number of nitrogens with two attached hydrogens (primary N) is 1. The summed E-state index contributed by atoms with van der Waals surface area (Å²) in [6, 6.07) is 2.06. The van der Waals surface area contributed by atoms with Crippen LogP contribution in [-0.2, 0) is 11.2 Å². The summed E-state index contributed by atoms with van der Waals surface area (Å²) in [4.78, 5) is 11.8. The predicted octanol–water partition coefficient (Wildman–Crippen LogP) is 2.77. The van der Waals surface area contributed by atoms with E-state index in [9.17, 15) is 4.79 Å². The summed E-state index contributed by atoms with van der Waals surface area (Å²) in [5.41, 5.74) is 6.57. The lowest BCUT2D eigenvalue weighted by Gasteiger charge is -2.22. The minimum absolute atomic E-state index is 0.176. The Morgan fingerprint density at radius 1 is 1.60 bits per heavy atom. The van der Waals surface area contributed by atoms with Crippen LogP contribution >= 0.6 is 11.3 Å². The highest BCUT2D eigenvalue weighted by atomic mass is 32.1. The Morgan fingerprint density at radius 3 is 2.87 bits per heavy atom. The van der Waals surface area contributed by atoms with Gasteiger partial charge in [-0.2, -0.15) is 11.3 Å². The fourth-order valence-corrected chi connectivity index (χ4v) is 2.34. The Kier molecular flexibility index (Phi) is 4.48. The summed E-state index contributed by atoms with van der Waals surface area (Å²) in [6.45, 7) is 3.89. The zero-order chi connectivity index (χ0) is 11.3. The molecule has 0 aliphatic rings. The minimum Gasteiger partial charge on any atom is -0.319 e. The van der Waals surface area contributed by atoms with E-state index in [0.29, 0.717) is 6.42 Å². The maximum atomic E-state index is 11.8. The van der Waals surface area contributed by atoms with E-state index in [1.807, 2.05) is 12.3 Å². The molecule has 2 nitrogen and oxygen atoms in total. The minimum atomic E-state index is -0.634. The second kappa shape index (κ2) is 5.42. The van der Waals surface area contributed by atoms with Crippen LogP contribution < -0.4 is 5.73 Å². The van der Waals surface area contributed by atoms with Gasteiger partial charge >= 0.3 is 0 Å². The molecule has 0 radical (unpaired) electrons. The van der Waals surface area contributed by atoms with Crippen LogP contribution in [0.25, 0.3) is 0 Å². The summed E-state index contributed by atoms with van der Waals surface area (Å²) < 4.78 is 0. The van der Waals surface area contributed by atoms with Crippen molar-refractivity contribution in [2.45, 2.75) is 45.1 Å². The number of thiophene rings is 1. The van der Waals surface area contributed by atoms with E-state index in [4.69, 9.17) is 5.73 Å². The monoisotopic (exact) mass is 225 g/mol. The zero-order valence-electron chi connectivity index (χ0n) is 9.45. The van der Waals surface area contributed by atoms with Gasteiger partial charge in [0.2, 0.25) is 0 Å². The fraction of sp³-hybridized carbons (Fsp3) is 0.583. The van der Waals surface area contributed by atoms with Crippen molar-refractivity contribution in [3.05, 3.63) is 22.4 Å². The number of aryl methyl sites for hydroxylation is 1. The Hall–Kier alpha value is -0.670. The first-order chi connectivity index (χ1) is 7.06. The fourth-order valence-electron chi connectivity index (χ4n) is 1.64. The van der Waals surface area contributed by atoms with Gasteiger partial charge in [-0.05, 0) is 42.2 Å². The van der Waals surface area contributed by atoms with E-state index < -0.39 is 5.54 Å². The third kappa shape index (κ3) is 3.76. The first-order valence-electron chi connectivity index (χ1n) is 5.39. The SMILES string of the molecule is CCCC(C)(N)C(=O)CCc1ccsc1. The molecule has 1 atom stereocenters. The van der Waals surface area contributed by atoms with Crippen LogP contribution in [-0.4, -0.2) is 11.3 Å². The molecule has 84 valence electrons. The molecule has 0 amide bonds. The highest BCUT2D eigenvalue weighted by Crippen LogP contribution is 2.15. The normalized spacial score (nSPS) is 14.9. The van der Waals surface area contributed by atoms with Gasteiger partial charge in [0.05, 0.1) is 5.54 Å². The van der Waals surface area contributed by atoms with E-state index in [2.05, 4.69) is 18.4 Å². The highest BCUT2D eigenvalue weighted by molar-refractivity contribution is 7.07. The molecule has 1 heterocycles. The molecule has 0 aliphatic carbocycles. The molecular formula is C12H19NOS. The number of hydrogen-bond donors (Lipinski definition) is 1. The van der Waals surface area contributed by atoms with Crippen LogP contribution in [0, 0.1) is 0 Å². The quantitative estimate of drug-likeness (QED) is 0.809. The molecular weight excluding hydrogens is 206 g/mol. The van der Waals surface area contributed by atoms with E-state index in [0.717, 1.165) is 19.3 Å². The molecule has 0 spiro atoms. The lowest BCUT2D eigenvalue weighted by Crippen LogP contribution is -2.44. The van der Waals surface area contributed by atoms with Crippen molar-refractivity contribution in [2.75, 3.05) is 0 Å². The topological polar surface area (TPSA) is 43.1 Å². The summed E-state index contributed by atoms with van der Waals surface area (Å²) in [5, 5.41) is 4.12. The molecule has 1 aromatic rings. The first kappa shape index (κ1) is 12.4. The van der Waals surface area contributed by atoms with Crippen molar-refractivity contribution >= 4 is 17.1 Å². The largest absolute Gasteiger partial charge is 0.319 e. The summed E-state index contributed by atoms with van der Waals surface area (Å²) >= 11 is 1.67. The van der Waals surface area contributed by atoms with Gasteiger partial charge in [-0.1, -0.05) is 13.3 Å². The summed E-state index contributed by atoms with van der Waals surface area (Å²) in [7, 11) is 0. The van der Waals surface area contributed by atoms with Crippen LogP contribution in [0.3, 0.4) is 0 Å². The maximum absolute atomic E-state index is 11.8. The van der Waals surface area contributed by atoms with Crippen molar-refractivity contribution in [3.8, 4) is 0 Å². The Morgan fingerprint density at radius 2 is 2.33 bits per heavy atom. The second-order valence-electron chi connectivity index (χ2n) is 4.22. The van der Waals surface area contributed by atoms with Crippen LogP contribution in [0.4, 0.5) is 0 Å². The van der Waals surface area contributed by atoms with E-state index >= 15 is 0 Å². The van der Waals surface area contributed by atoms with Gasteiger partial charge in [0.1, 0.15) is 0 Å². The van der Waals surface area contributed by atoms with E-state index in [1.165, 1.54) is 5.56 Å². The van der Waals surface area contributed by atoms with Crippen molar-refractivity contribution in [3.63, 3.8) is 0 Å². The number of ketones is 1. The predicted molar refractivity (Wildman–Crippen MR) is 65.1 cm³/mol. The molecule has 0 aliphatic heterocycles. The first-order valence-corrected chi connectivity index (χ1v) is 6.34. The summed E-state index contributed by atoms with van der Waals surface area (Å²) in [6.07, 6.45) is 3.11. The zero-order valence-corrected chi connectivity index (χ0v) is 10.3. The van der Waals surface area contributed by atoms with Crippen LogP contribution in [0.5, 0.6) is 0 Å². The van der Waals surface area contributed by atoms with Crippen LogP contribution in [0.1, 0.15) is 38.7 Å². The molecule has 1 unspecified atom stereocenters. The Bertz CT molecular complexity index is 303. The number of rotatable bonds is 6. The molecule has 0 saturated carbocycles. The Labute approximate surface area is 95.5 Å². The second-order valence-corrected chi connectivity index (χ2v) is 5.00. The number of Topliss-reactive ketones (excluding diaryl/α,β-unsaturated/α-hetero) is 1. The van der Waals surface area contributed by atoms with Gasteiger partial charge in [0.15, 0.2) is 5.78 Å². The van der Waals surface area contributed by atoms with Gasteiger partial charge in [0, 0.05) is 6.42 Å². The average Bonchev–Trinajstić information content (AvgIpc) is 2.66. The van der Waals surface area contributed by atoms with Crippen molar-refractivity contribution in [1.29, 1.82) is 0 Å². The van der Waals surface area contributed by atoms with Gasteiger partial charge in [-0.3, -0.25) is 4.79 Å². The molecule has 1 rings (SSSR count). The highest BCUT2D eigenvalue weighted by Gasteiger charge is 2.26. The molecule has 0 bridgehead atoms. The Balaban J connectivity index is 2.42. The average molecular weight is 225 g/mol. The van der Waals surface area contributed by atoms with Crippen molar-refractivity contribution in [1.82, 2.24) is 0 Å². The smallest absolute Gasteiger partial charge is 0.152 e. The van der Waals surface area contributed by atoms with E-state index in [-0.39, 0.29) is 5.78 Å². The third-order valence-electron chi connectivity index (χ3n) is 2.63. The van der Waals surface area contributed by atoms with Crippen LogP contribution in [0.2, 0.25) is 0 Å². The van der Waals surface area contributed by atoms with Gasteiger partial charge in [-0.15, -0.1) is 0 Å². The molecule has 3 heteroatoms. The maximum Gasteiger partial charge on any atom is 0.152 e. The van der Waals surface area contributed by atoms with E-state index in [1.54, 1.807) is 11.3 Å². The van der Waals surface area contributed by atoms with Crippen molar-refractivity contribution < 1.29 is 4.79 Å². The molecule has 1 aromatic heterocycles. The summed E-state index contributed by atoms with van der Waals surface area (Å²) in [5.74, 6) is 0.176. The lowest BCUT2D eigenvalue weighted by atomic mass is 9.89. The molecule has 2 N–H and O–H groups in total. The lowest BCUT2D eigenvalue weighted by molar-refractivity contribution is -0.123. The molecule has 0 saturated heterocycles. The number of hydrogen-bond acceptors (Lipinski definition) is 3. The molecule has 0 aromatic carbocycles. The number of carbonyl (C=O) groups is 1. The standard InChI is InChI=1S/C12H19NOS/c1-3-7-12(2,13)11(14)5-4-10-6-8-15-9-10/h6,8-9H,3-5,7,13H2,1-2H3. The molecule has 0 fully saturated rings.